The van der Waals surface area contributed by atoms with Gasteiger partial charge in [-0.3, -0.25) is 4.98 Å². The first kappa shape index (κ1) is 22.5. The molecule has 5 heterocycles. The lowest BCUT2D eigenvalue weighted by Gasteiger charge is -2.41. The predicted octanol–water partition coefficient (Wildman–Crippen LogP) is 3.86. The zero-order chi connectivity index (χ0) is 24.2. The summed E-state index contributed by atoms with van der Waals surface area (Å²) in [5.41, 5.74) is 10.4. The highest BCUT2D eigenvalue weighted by atomic mass is 35.5. The third kappa shape index (κ3) is 3.89. The Morgan fingerprint density at radius 1 is 1.14 bits per heavy atom. The number of H-pyrrole nitrogens is 1. The first-order valence-corrected chi connectivity index (χ1v) is 12.8. The Kier molecular flexibility index (Phi) is 5.54. The highest BCUT2D eigenvalue weighted by Gasteiger charge is 2.46. The van der Waals surface area contributed by atoms with Crippen LogP contribution in [0.25, 0.3) is 11.3 Å². The summed E-state index contributed by atoms with van der Waals surface area (Å²) in [5.74, 6) is 1.52. The van der Waals surface area contributed by atoms with Crippen molar-refractivity contribution in [2.75, 3.05) is 37.0 Å². The van der Waals surface area contributed by atoms with Crippen LogP contribution in [0.4, 0.5) is 11.8 Å². The summed E-state index contributed by atoms with van der Waals surface area (Å²) in [6.07, 6.45) is 8.31. The summed E-state index contributed by atoms with van der Waals surface area (Å²) in [7, 11) is 3.83. The standard InChI is InChI=1S/C24H26ClN9S/c1-33(2)22-18(25)16(5-9-28-22)35-17-13-29-20-21(30-17)32-23(31-20)34-10-6-24(7-11-34)12-15-14(19(24)26)4-3-8-27-15/h3-5,8-9,13,19H,6-7,10-12,26H2,1-2H3,(H,29,30,31,32)/t19-/m1/s1. The fourth-order valence-electron chi connectivity index (χ4n) is 5.19. The Morgan fingerprint density at radius 3 is 2.74 bits per heavy atom. The summed E-state index contributed by atoms with van der Waals surface area (Å²) in [5, 5.41) is 1.32. The maximum Gasteiger partial charge on any atom is 0.206 e. The monoisotopic (exact) mass is 507 g/mol. The maximum atomic E-state index is 6.70. The van der Waals surface area contributed by atoms with Gasteiger partial charge in [-0.15, -0.1) is 0 Å². The Balaban J connectivity index is 1.19. The van der Waals surface area contributed by atoms with Crippen LogP contribution in [0, 0.1) is 5.41 Å². The summed E-state index contributed by atoms with van der Waals surface area (Å²) in [6.45, 7) is 1.76. The van der Waals surface area contributed by atoms with Crippen LogP contribution in [0.1, 0.15) is 30.1 Å². The molecule has 0 unspecified atom stereocenters. The summed E-state index contributed by atoms with van der Waals surface area (Å²) < 4.78 is 0. The third-order valence-electron chi connectivity index (χ3n) is 7.15. The van der Waals surface area contributed by atoms with Crippen LogP contribution in [0.15, 0.2) is 46.7 Å². The second kappa shape index (κ2) is 8.61. The number of rotatable bonds is 4. The molecule has 1 atom stereocenters. The van der Waals surface area contributed by atoms with Gasteiger partial charge < -0.3 is 20.5 Å². The van der Waals surface area contributed by atoms with E-state index in [-0.39, 0.29) is 11.5 Å². The first-order valence-electron chi connectivity index (χ1n) is 11.6. The van der Waals surface area contributed by atoms with Crippen molar-refractivity contribution in [3.05, 3.63) is 53.1 Å². The number of hydrogen-bond acceptors (Lipinski definition) is 9. The summed E-state index contributed by atoms with van der Waals surface area (Å²) in [4.78, 5) is 31.3. The van der Waals surface area contributed by atoms with Crippen LogP contribution in [0.2, 0.25) is 5.02 Å². The number of imidazole rings is 1. The fourth-order valence-corrected chi connectivity index (χ4v) is 6.36. The van der Waals surface area contributed by atoms with Gasteiger partial charge >= 0.3 is 0 Å². The van der Waals surface area contributed by atoms with Gasteiger partial charge in [0.25, 0.3) is 0 Å². The van der Waals surface area contributed by atoms with Crippen molar-refractivity contribution in [1.82, 2.24) is 29.9 Å². The number of aromatic amines is 1. The molecule has 11 heteroatoms. The SMILES string of the molecule is CN(C)c1nccc(Sc2cnc3[nH]c(N4CCC5(CC4)Cc4ncccc4[C@H]5N)nc3n2)c1Cl. The lowest BCUT2D eigenvalue weighted by Crippen LogP contribution is -2.44. The molecule has 1 aliphatic carbocycles. The molecule has 1 fully saturated rings. The van der Waals surface area contributed by atoms with Crippen molar-refractivity contribution in [3.8, 4) is 0 Å². The molecule has 1 saturated heterocycles. The van der Waals surface area contributed by atoms with E-state index >= 15 is 0 Å². The number of nitrogens with two attached hydrogens (primary N) is 1. The van der Waals surface area contributed by atoms with Crippen molar-refractivity contribution in [3.63, 3.8) is 0 Å². The molecule has 6 rings (SSSR count). The fraction of sp³-hybridized carbons (Fsp3) is 0.375. The Labute approximate surface area is 212 Å². The van der Waals surface area contributed by atoms with Crippen molar-refractivity contribution >= 4 is 46.4 Å². The average Bonchev–Trinajstić information content (AvgIpc) is 3.40. The number of nitrogens with one attached hydrogen (secondary N) is 1. The molecular formula is C24H26ClN9S. The van der Waals surface area contributed by atoms with Gasteiger partial charge in [0.1, 0.15) is 10.8 Å². The number of anilines is 2. The van der Waals surface area contributed by atoms with Gasteiger partial charge in [-0.1, -0.05) is 29.4 Å². The molecule has 1 aliphatic heterocycles. The number of fused-ring (bicyclic) bond motifs is 2. The van der Waals surface area contributed by atoms with E-state index in [4.69, 9.17) is 27.3 Å². The molecule has 1 spiro atoms. The number of aromatic nitrogens is 6. The van der Waals surface area contributed by atoms with Crippen LogP contribution < -0.4 is 15.5 Å². The third-order valence-corrected chi connectivity index (χ3v) is 8.60. The lowest BCUT2D eigenvalue weighted by molar-refractivity contribution is 0.186. The van der Waals surface area contributed by atoms with Crippen LogP contribution in [-0.4, -0.2) is 57.1 Å². The Morgan fingerprint density at radius 2 is 1.97 bits per heavy atom. The second-order valence-corrected chi connectivity index (χ2v) is 10.9. The van der Waals surface area contributed by atoms with E-state index in [1.54, 1.807) is 12.4 Å². The van der Waals surface area contributed by atoms with Gasteiger partial charge in [-0.05, 0) is 42.4 Å². The van der Waals surface area contributed by atoms with Gasteiger partial charge in [-0.2, -0.15) is 4.98 Å². The minimum Gasteiger partial charge on any atom is -0.361 e. The zero-order valence-electron chi connectivity index (χ0n) is 19.6. The molecule has 180 valence electrons. The molecule has 9 nitrogen and oxygen atoms in total. The molecular weight excluding hydrogens is 482 g/mol. The van der Waals surface area contributed by atoms with Gasteiger partial charge in [0.2, 0.25) is 5.95 Å². The molecule has 0 radical (unpaired) electrons. The van der Waals surface area contributed by atoms with E-state index in [9.17, 15) is 0 Å². The minimum absolute atomic E-state index is 0.0416. The highest BCUT2D eigenvalue weighted by Crippen LogP contribution is 2.50. The molecule has 0 aromatic carbocycles. The number of piperidine rings is 1. The average molecular weight is 508 g/mol. The van der Waals surface area contributed by atoms with Crippen molar-refractivity contribution < 1.29 is 0 Å². The first-order chi connectivity index (χ1) is 16.9. The molecule has 4 aromatic heterocycles. The number of pyridine rings is 2. The Hall–Kier alpha value is -2.95. The Bertz CT molecular complexity index is 1400. The van der Waals surface area contributed by atoms with Gasteiger partial charge in [0.05, 0.1) is 11.2 Å². The molecule has 4 aromatic rings. The number of nitrogens with zero attached hydrogens (tertiary/aromatic N) is 7. The van der Waals surface area contributed by atoms with Crippen LogP contribution in [0.5, 0.6) is 0 Å². The molecule has 3 N–H and O–H groups in total. The van der Waals surface area contributed by atoms with Crippen molar-refractivity contribution in [2.45, 2.75) is 35.2 Å². The highest BCUT2D eigenvalue weighted by molar-refractivity contribution is 7.99. The smallest absolute Gasteiger partial charge is 0.206 e. The second-order valence-electron chi connectivity index (χ2n) is 9.43. The maximum absolute atomic E-state index is 6.70. The van der Waals surface area contributed by atoms with E-state index in [1.165, 1.54) is 17.3 Å². The van der Waals surface area contributed by atoms with Crippen molar-refractivity contribution in [1.29, 1.82) is 0 Å². The van der Waals surface area contributed by atoms with Gasteiger partial charge in [-0.25, -0.2) is 15.0 Å². The van der Waals surface area contributed by atoms with E-state index in [2.05, 4.69) is 30.9 Å². The molecule has 35 heavy (non-hydrogen) atoms. The predicted molar refractivity (Wildman–Crippen MR) is 138 cm³/mol. The minimum atomic E-state index is 0.0416. The van der Waals surface area contributed by atoms with E-state index in [0.717, 1.165) is 59.7 Å². The zero-order valence-corrected chi connectivity index (χ0v) is 21.1. The van der Waals surface area contributed by atoms with Crippen molar-refractivity contribution in [2.24, 2.45) is 11.1 Å². The normalized spacial score (nSPS) is 18.9. The topological polar surface area (TPSA) is 113 Å². The van der Waals surface area contributed by atoms with Crippen LogP contribution in [-0.2, 0) is 6.42 Å². The quantitative estimate of drug-likeness (QED) is 0.425. The molecule has 0 bridgehead atoms. The lowest BCUT2D eigenvalue weighted by atomic mass is 9.73. The van der Waals surface area contributed by atoms with Gasteiger partial charge in [0.15, 0.2) is 11.3 Å². The number of hydrogen-bond donors (Lipinski definition) is 2. The van der Waals surface area contributed by atoms with E-state index in [0.29, 0.717) is 16.3 Å². The van der Waals surface area contributed by atoms with Crippen LogP contribution >= 0.6 is 23.4 Å². The van der Waals surface area contributed by atoms with Gasteiger partial charge in [0, 0.05) is 56.2 Å². The largest absolute Gasteiger partial charge is 0.361 e. The van der Waals surface area contributed by atoms with Crippen LogP contribution in [0.3, 0.4) is 0 Å². The number of halogens is 1. The van der Waals surface area contributed by atoms with E-state index in [1.807, 2.05) is 37.3 Å². The molecule has 2 aliphatic rings. The van der Waals surface area contributed by atoms with E-state index < -0.39 is 0 Å². The molecule has 0 amide bonds. The summed E-state index contributed by atoms with van der Waals surface area (Å²) >= 11 is 8.01. The summed E-state index contributed by atoms with van der Waals surface area (Å²) in [6, 6.07) is 6.03. The molecule has 0 saturated carbocycles.